The second-order valence-corrected chi connectivity index (χ2v) is 8.71. The van der Waals surface area contributed by atoms with Gasteiger partial charge < -0.3 is 9.47 Å². The fraction of sp³-hybridized carbons (Fsp3) is 0.625. The van der Waals surface area contributed by atoms with Crippen LogP contribution in [0.25, 0.3) is 5.57 Å². The Balaban J connectivity index is 1.77. The van der Waals surface area contributed by atoms with Gasteiger partial charge in [0.2, 0.25) is 0 Å². The van der Waals surface area contributed by atoms with Crippen LogP contribution in [0.5, 0.6) is 5.75 Å². The van der Waals surface area contributed by atoms with E-state index in [0.717, 1.165) is 24.2 Å². The van der Waals surface area contributed by atoms with Crippen molar-refractivity contribution in [2.45, 2.75) is 75.9 Å². The van der Waals surface area contributed by atoms with Crippen LogP contribution in [0.1, 0.15) is 80.1 Å². The number of benzene rings is 1. The normalized spacial score (nSPS) is 24.3. The highest BCUT2D eigenvalue weighted by Gasteiger charge is 2.44. The largest absolute Gasteiger partial charge is 0.497 e. The van der Waals surface area contributed by atoms with Gasteiger partial charge >= 0.3 is 0 Å². The SMILES string of the molecule is CONC(=O)c1ccc(OC)cc1C1=CC2(CCCCC2)O[C@@H]1C1CCCCC1. The second-order valence-electron chi connectivity index (χ2n) is 8.71. The van der Waals surface area contributed by atoms with Gasteiger partial charge in [-0.3, -0.25) is 9.63 Å². The maximum Gasteiger partial charge on any atom is 0.275 e. The van der Waals surface area contributed by atoms with Crippen LogP contribution in [0.4, 0.5) is 0 Å². The third-order valence-corrected chi connectivity index (χ3v) is 6.84. The highest BCUT2D eigenvalue weighted by Crippen LogP contribution is 2.48. The van der Waals surface area contributed by atoms with Crippen molar-refractivity contribution in [1.29, 1.82) is 0 Å². The van der Waals surface area contributed by atoms with Crippen LogP contribution in [0.3, 0.4) is 0 Å². The van der Waals surface area contributed by atoms with Crippen LogP contribution in [0.2, 0.25) is 0 Å². The van der Waals surface area contributed by atoms with E-state index < -0.39 is 0 Å². The third kappa shape index (κ3) is 4.22. The van der Waals surface area contributed by atoms with Crippen LogP contribution in [0.15, 0.2) is 24.3 Å². The summed E-state index contributed by atoms with van der Waals surface area (Å²) in [5.41, 5.74) is 5.00. The summed E-state index contributed by atoms with van der Waals surface area (Å²) >= 11 is 0. The lowest BCUT2D eigenvalue weighted by Gasteiger charge is -2.36. The Kier molecular flexibility index (Phi) is 6.26. The number of rotatable bonds is 5. The van der Waals surface area contributed by atoms with Gasteiger partial charge in [-0.1, -0.05) is 38.5 Å². The minimum Gasteiger partial charge on any atom is -0.497 e. The number of hydroxylamine groups is 1. The second kappa shape index (κ2) is 8.88. The van der Waals surface area contributed by atoms with Gasteiger partial charge in [0.25, 0.3) is 5.91 Å². The Labute approximate surface area is 173 Å². The van der Waals surface area contributed by atoms with Crippen molar-refractivity contribution in [3.05, 3.63) is 35.4 Å². The molecule has 1 heterocycles. The molecule has 0 aromatic heterocycles. The monoisotopic (exact) mass is 399 g/mol. The van der Waals surface area contributed by atoms with Gasteiger partial charge in [0.05, 0.1) is 25.9 Å². The van der Waals surface area contributed by atoms with Crippen molar-refractivity contribution in [2.24, 2.45) is 5.92 Å². The predicted molar refractivity (Wildman–Crippen MR) is 113 cm³/mol. The number of carbonyl (C=O) groups is 1. The summed E-state index contributed by atoms with van der Waals surface area (Å²) < 4.78 is 12.4. The first-order valence-corrected chi connectivity index (χ1v) is 11.1. The zero-order valence-corrected chi connectivity index (χ0v) is 17.7. The molecule has 1 aromatic rings. The summed E-state index contributed by atoms with van der Waals surface area (Å²) in [5.74, 6) is 1.03. The average Bonchev–Trinajstić information content (AvgIpc) is 3.13. The Bertz CT molecular complexity index is 760. The Hall–Kier alpha value is -1.85. The average molecular weight is 400 g/mol. The Morgan fingerprint density at radius 2 is 1.79 bits per heavy atom. The lowest BCUT2D eigenvalue weighted by Crippen LogP contribution is -2.35. The lowest BCUT2D eigenvalue weighted by atomic mass is 9.79. The predicted octanol–water partition coefficient (Wildman–Crippen LogP) is 5.05. The number of methoxy groups -OCH3 is 1. The first kappa shape index (κ1) is 20.4. The van der Waals surface area contributed by atoms with Gasteiger partial charge in [-0.2, -0.15) is 0 Å². The van der Waals surface area contributed by atoms with Crippen molar-refractivity contribution in [3.8, 4) is 5.75 Å². The van der Waals surface area contributed by atoms with E-state index in [1.54, 1.807) is 7.11 Å². The van der Waals surface area contributed by atoms with E-state index in [1.165, 1.54) is 64.0 Å². The van der Waals surface area contributed by atoms with Crippen LogP contribution in [-0.4, -0.2) is 31.8 Å². The van der Waals surface area contributed by atoms with Crippen LogP contribution in [-0.2, 0) is 9.57 Å². The minimum atomic E-state index is -0.238. The summed E-state index contributed by atoms with van der Waals surface area (Å²) in [6.45, 7) is 0. The molecule has 0 saturated heterocycles. The molecule has 5 heteroatoms. The smallest absolute Gasteiger partial charge is 0.275 e. The summed E-state index contributed by atoms with van der Waals surface area (Å²) in [4.78, 5) is 17.6. The van der Waals surface area contributed by atoms with Crippen molar-refractivity contribution >= 4 is 11.5 Å². The standard InChI is InChI=1S/C24H33NO4/c1-27-18-11-12-19(23(26)25-28-2)20(15-18)21-16-24(13-7-4-8-14-24)29-22(21)17-9-5-3-6-10-17/h11-12,15-17,22H,3-10,13-14H2,1-2H3,(H,25,26)/t22-/m1/s1. The van der Waals surface area contributed by atoms with Crippen molar-refractivity contribution in [3.63, 3.8) is 0 Å². The molecule has 3 aliphatic rings. The zero-order valence-electron chi connectivity index (χ0n) is 17.7. The van der Waals surface area contributed by atoms with Gasteiger partial charge in [0.15, 0.2) is 0 Å². The summed E-state index contributed by atoms with van der Waals surface area (Å²) in [5, 5.41) is 0. The summed E-state index contributed by atoms with van der Waals surface area (Å²) in [6.07, 6.45) is 14.5. The van der Waals surface area contributed by atoms with Gasteiger partial charge in [0.1, 0.15) is 5.75 Å². The topological polar surface area (TPSA) is 56.8 Å². The number of hydrogen-bond donors (Lipinski definition) is 1. The van der Waals surface area contributed by atoms with Crippen molar-refractivity contribution < 1.29 is 19.1 Å². The van der Waals surface area contributed by atoms with E-state index in [1.807, 2.05) is 18.2 Å². The van der Waals surface area contributed by atoms with Crippen LogP contribution in [0, 0.1) is 5.92 Å². The lowest BCUT2D eigenvalue weighted by molar-refractivity contribution is -0.0686. The third-order valence-electron chi connectivity index (χ3n) is 6.84. The quantitative estimate of drug-likeness (QED) is 0.704. The summed E-state index contributed by atoms with van der Waals surface area (Å²) in [7, 11) is 3.12. The molecule has 0 radical (unpaired) electrons. The first-order valence-electron chi connectivity index (χ1n) is 11.1. The fourth-order valence-electron chi connectivity index (χ4n) is 5.38. The fourth-order valence-corrected chi connectivity index (χ4v) is 5.38. The van der Waals surface area contributed by atoms with E-state index in [0.29, 0.717) is 11.5 Å². The highest BCUT2D eigenvalue weighted by molar-refractivity contribution is 5.99. The van der Waals surface area contributed by atoms with Gasteiger partial charge in [-0.25, -0.2) is 5.48 Å². The molecule has 1 atom stereocenters. The molecule has 1 amide bonds. The molecule has 0 bridgehead atoms. The molecule has 29 heavy (non-hydrogen) atoms. The van der Waals surface area contributed by atoms with Crippen molar-refractivity contribution in [2.75, 3.05) is 14.2 Å². The molecule has 158 valence electrons. The van der Waals surface area contributed by atoms with E-state index in [9.17, 15) is 4.79 Å². The van der Waals surface area contributed by atoms with E-state index >= 15 is 0 Å². The van der Waals surface area contributed by atoms with E-state index in [-0.39, 0.29) is 17.6 Å². The summed E-state index contributed by atoms with van der Waals surface area (Å²) in [6, 6.07) is 5.64. The Morgan fingerprint density at radius 1 is 1.07 bits per heavy atom. The Morgan fingerprint density at radius 3 is 2.48 bits per heavy atom. The molecular formula is C24H33NO4. The molecule has 2 fully saturated rings. The zero-order chi connectivity index (χ0) is 20.3. The molecule has 4 rings (SSSR count). The molecule has 0 unspecified atom stereocenters. The highest BCUT2D eigenvalue weighted by atomic mass is 16.6. The number of ether oxygens (including phenoxy) is 2. The van der Waals surface area contributed by atoms with Gasteiger partial charge in [0, 0.05) is 5.56 Å². The number of carbonyl (C=O) groups excluding carboxylic acids is 1. The molecule has 2 saturated carbocycles. The van der Waals surface area contributed by atoms with E-state index in [2.05, 4.69) is 11.6 Å². The molecule has 1 N–H and O–H groups in total. The molecule has 5 nitrogen and oxygen atoms in total. The van der Waals surface area contributed by atoms with Crippen LogP contribution >= 0.6 is 0 Å². The van der Waals surface area contributed by atoms with E-state index in [4.69, 9.17) is 14.3 Å². The number of nitrogens with one attached hydrogen (secondary N) is 1. The van der Waals surface area contributed by atoms with Gasteiger partial charge in [-0.15, -0.1) is 0 Å². The number of amides is 1. The maximum absolute atomic E-state index is 12.7. The molecule has 1 spiro atoms. The maximum atomic E-state index is 12.7. The molecule has 2 aliphatic carbocycles. The number of hydrogen-bond acceptors (Lipinski definition) is 4. The van der Waals surface area contributed by atoms with Crippen molar-refractivity contribution in [1.82, 2.24) is 5.48 Å². The van der Waals surface area contributed by atoms with Crippen LogP contribution < -0.4 is 10.2 Å². The minimum absolute atomic E-state index is 0.0506. The molecular weight excluding hydrogens is 366 g/mol. The molecule has 1 aliphatic heterocycles. The van der Waals surface area contributed by atoms with Gasteiger partial charge in [-0.05, 0) is 67.0 Å². The molecule has 1 aromatic carbocycles. The first-order chi connectivity index (χ1) is 14.2.